The minimum Gasteiger partial charge on any atom is -0.435 e. The van der Waals surface area contributed by atoms with E-state index >= 15 is 0 Å². The molecule has 1 aliphatic rings. The Hall–Kier alpha value is -2.70. The summed E-state index contributed by atoms with van der Waals surface area (Å²) >= 11 is 0. The zero-order valence-corrected chi connectivity index (χ0v) is 15.6. The van der Waals surface area contributed by atoms with Gasteiger partial charge < -0.3 is 14.6 Å². The van der Waals surface area contributed by atoms with E-state index in [0.717, 1.165) is 24.1 Å². The van der Waals surface area contributed by atoms with E-state index in [0.29, 0.717) is 29.1 Å². The molecule has 0 aliphatic carbocycles. The van der Waals surface area contributed by atoms with Crippen molar-refractivity contribution in [1.29, 1.82) is 0 Å². The van der Waals surface area contributed by atoms with Crippen LogP contribution in [-0.4, -0.2) is 36.3 Å². The molecule has 1 aromatic carbocycles. The Balaban J connectivity index is 1.83. The number of carbonyl (C=O) groups excluding carboxylic acids is 2. The van der Waals surface area contributed by atoms with Gasteiger partial charge in [0.05, 0.1) is 12.2 Å². The molecule has 0 unspecified atom stereocenters. The molecule has 0 atom stereocenters. The summed E-state index contributed by atoms with van der Waals surface area (Å²) in [7, 11) is 0. The van der Waals surface area contributed by atoms with Crippen molar-refractivity contribution in [2.24, 2.45) is 0 Å². The summed E-state index contributed by atoms with van der Waals surface area (Å²) in [4.78, 5) is 29.6. The Morgan fingerprint density at radius 3 is 2.67 bits per heavy atom. The van der Waals surface area contributed by atoms with Crippen molar-refractivity contribution in [1.82, 2.24) is 4.98 Å². The standard InChI is InChI=1S/C20H22F2N2O3/c1-11-18(13(3)25)12(2)23-19(11)17(26)10-24-8-4-5-14-9-15(27-20(21)22)6-7-16(14)24/h6-7,9,20,23H,4-5,8,10H2,1-3H3. The molecular formula is C20H22F2N2O3. The van der Waals surface area contributed by atoms with Crippen molar-refractivity contribution in [3.8, 4) is 5.75 Å². The number of Topliss-reactive ketones (excluding diaryl/α,β-unsaturated/α-hetero) is 2. The molecule has 144 valence electrons. The van der Waals surface area contributed by atoms with E-state index in [9.17, 15) is 18.4 Å². The quantitative estimate of drug-likeness (QED) is 0.772. The van der Waals surface area contributed by atoms with Crippen LogP contribution in [0.2, 0.25) is 0 Å². The molecule has 1 aliphatic heterocycles. The summed E-state index contributed by atoms with van der Waals surface area (Å²) < 4.78 is 29.3. The van der Waals surface area contributed by atoms with Crippen molar-refractivity contribution < 1.29 is 23.1 Å². The van der Waals surface area contributed by atoms with Gasteiger partial charge in [0.2, 0.25) is 0 Å². The lowest BCUT2D eigenvalue weighted by molar-refractivity contribution is -0.0498. The monoisotopic (exact) mass is 376 g/mol. The van der Waals surface area contributed by atoms with Crippen LogP contribution in [0.15, 0.2) is 18.2 Å². The van der Waals surface area contributed by atoms with E-state index in [4.69, 9.17) is 0 Å². The molecule has 0 spiro atoms. The normalized spacial score (nSPS) is 13.6. The van der Waals surface area contributed by atoms with Crippen LogP contribution in [-0.2, 0) is 6.42 Å². The lowest BCUT2D eigenvalue weighted by Gasteiger charge is -2.31. The zero-order valence-electron chi connectivity index (χ0n) is 15.6. The van der Waals surface area contributed by atoms with Gasteiger partial charge in [0.15, 0.2) is 11.6 Å². The van der Waals surface area contributed by atoms with E-state index in [1.165, 1.54) is 13.0 Å². The number of rotatable bonds is 6. The highest BCUT2D eigenvalue weighted by molar-refractivity contribution is 6.04. The van der Waals surface area contributed by atoms with Gasteiger partial charge in [0, 0.05) is 23.5 Å². The number of fused-ring (bicyclic) bond motifs is 1. The average molecular weight is 376 g/mol. The van der Waals surface area contributed by atoms with Crippen LogP contribution >= 0.6 is 0 Å². The number of carbonyl (C=O) groups is 2. The number of aryl methyl sites for hydroxylation is 2. The largest absolute Gasteiger partial charge is 0.435 e. The Morgan fingerprint density at radius 1 is 1.30 bits per heavy atom. The van der Waals surface area contributed by atoms with Crippen LogP contribution in [0.3, 0.4) is 0 Å². The molecule has 3 rings (SSSR count). The van der Waals surface area contributed by atoms with Crippen LogP contribution in [0.1, 0.15) is 51.0 Å². The maximum Gasteiger partial charge on any atom is 0.387 e. The Kier molecular flexibility index (Phi) is 5.30. The van der Waals surface area contributed by atoms with Crippen molar-refractivity contribution in [2.75, 3.05) is 18.0 Å². The fraction of sp³-hybridized carbons (Fsp3) is 0.400. The van der Waals surface area contributed by atoms with Crippen LogP contribution in [0.5, 0.6) is 5.75 Å². The number of benzene rings is 1. The van der Waals surface area contributed by atoms with Crippen molar-refractivity contribution in [2.45, 2.75) is 40.2 Å². The summed E-state index contributed by atoms with van der Waals surface area (Å²) in [6.45, 7) is 3.02. The summed E-state index contributed by atoms with van der Waals surface area (Å²) in [5.74, 6) is -0.0575. The molecule has 2 aromatic rings. The van der Waals surface area contributed by atoms with Gasteiger partial charge in [-0.1, -0.05) is 0 Å². The second kappa shape index (κ2) is 7.50. The Morgan fingerprint density at radius 2 is 2.04 bits per heavy atom. The molecule has 0 fully saturated rings. The lowest BCUT2D eigenvalue weighted by atomic mass is 10.00. The second-order valence-corrected chi connectivity index (χ2v) is 6.80. The summed E-state index contributed by atoms with van der Waals surface area (Å²) in [5, 5.41) is 0. The third kappa shape index (κ3) is 3.86. The van der Waals surface area contributed by atoms with Gasteiger partial charge in [-0.2, -0.15) is 8.78 Å². The number of aromatic amines is 1. The molecule has 27 heavy (non-hydrogen) atoms. The van der Waals surface area contributed by atoms with Crippen LogP contribution in [0.4, 0.5) is 14.5 Å². The summed E-state index contributed by atoms with van der Waals surface area (Å²) in [6, 6.07) is 4.81. The van der Waals surface area contributed by atoms with Gasteiger partial charge in [-0.25, -0.2) is 0 Å². The highest BCUT2D eigenvalue weighted by Gasteiger charge is 2.24. The Bertz CT molecular complexity index is 890. The highest BCUT2D eigenvalue weighted by Crippen LogP contribution is 2.31. The minimum atomic E-state index is -2.86. The SMILES string of the molecule is CC(=O)c1c(C)[nH]c(C(=O)CN2CCCc3cc(OC(F)F)ccc32)c1C. The van der Waals surface area contributed by atoms with Gasteiger partial charge in [0.1, 0.15) is 5.75 Å². The molecule has 2 heterocycles. The van der Waals surface area contributed by atoms with Crippen LogP contribution < -0.4 is 9.64 Å². The molecule has 0 radical (unpaired) electrons. The molecule has 0 amide bonds. The van der Waals surface area contributed by atoms with E-state index in [2.05, 4.69) is 9.72 Å². The predicted molar refractivity (Wildman–Crippen MR) is 98.2 cm³/mol. The molecule has 0 bridgehead atoms. The number of halogens is 2. The number of nitrogens with zero attached hydrogens (tertiary/aromatic N) is 1. The fourth-order valence-corrected chi connectivity index (χ4v) is 3.80. The molecule has 0 saturated carbocycles. The van der Waals surface area contributed by atoms with Gasteiger partial charge in [-0.3, -0.25) is 9.59 Å². The third-order valence-corrected chi connectivity index (χ3v) is 4.89. The van der Waals surface area contributed by atoms with Crippen LogP contribution in [0.25, 0.3) is 0 Å². The summed E-state index contributed by atoms with van der Waals surface area (Å²) in [5.41, 5.74) is 4.10. The molecule has 7 heteroatoms. The Labute approximate surface area is 156 Å². The van der Waals surface area contributed by atoms with Gasteiger partial charge in [0.25, 0.3) is 0 Å². The number of hydrogen-bond donors (Lipinski definition) is 1. The molecule has 1 N–H and O–H groups in total. The zero-order chi connectivity index (χ0) is 19.7. The average Bonchev–Trinajstić information content (AvgIpc) is 2.89. The van der Waals surface area contributed by atoms with Crippen molar-refractivity contribution >= 4 is 17.3 Å². The maximum absolute atomic E-state index is 12.8. The van der Waals surface area contributed by atoms with Crippen LogP contribution in [0, 0.1) is 13.8 Å². The first kappa shape index (κ1) is 19.1. The first-order chi connectivity index (χ1) is 12.8. The number of hydrogen-bond acceptors (Lipinski definition) is 4. The number of H-pyrrole nitrogens is 1. The molecule has 1 aromatic heterocycles. The van der Waals surface area contributed by atoms with Crippen molar-refractivity contribution in [3.05, 3.63) is 46.3 Å². The smallest absolute Gasteiger partial charge is 0.387 e. The number of ether oxygens (including phenoxy) is 1. The second-order valence-electron chi connectivity index (χ2n) is 6.80. The molecular weight excluding hydrogens is 354 g/mol. The van der Waals surface area contributed by atoms with Crippen molar-refractivity contribution in [3.63, 3.8) is 0 Å². The number of nitrogens with one attached hydrogen (secondary N) is 1. The van der Waals surface area contributed by atoms with Gasteiger partial charge >= 0.3 is 6.61 Å². The van der Waals surface area contributed by atoms with Gasteiger partial charge in [-0.15, -0.1) is 0 Å². The third-order valence-electron chi connectivity index (χ3n) is 4.89. The van der Waals surface area contributed by atoms with Gasteiger partial charge in [-0.05, 0) is 62.9 Å². The number of alkyl halides is 2. The summed E-state index contributed by atoms with van der Waals surface area (Å²) in [6.07, 6.45) is 1.56. The van der Waals surface area contributed by atoms with E-state index < -0.39 is 6.61 Å². The topological polar surface area (TPSA) is 62.4 Å². The minimum absolute atomic E-state index is 0.0739. The molecule has 0 saturated heterocycles. The number of anilines is 1. The first-order valence-corrected chi connectivity index (χ1v) is 8.84. The maximum atomic E-state index is 12.8. The number of ketones is 2. The van der Waals surface area contributed by atoms with E-state index in [1.54, 1.807) is 26.0 Å². The van der Waals surface area contributed by atoms with E-state index in [-0.39, 0.29) is 23.9 Å². The fourth-order valence-electron chi connectivity index (χ4n) is 3.80. The predicted octanol–water partition coefficient (Wildman–Crippen LogP) is 4.07. The first-order valence-electron chi connectivity index (χ1n) is 8.84. The van der Waals surface area contributed by atoms with E-state index in [1.807, 2.05) is 4.90 Å². The molecule has 5 nitrogen and oxygen atoms in total. The number of aromatic nitrogens is 1. The lowest BCUT2D eigenvalue weighted by Crippen LogP contribution is -2.34. The highest BCUT2D eigenvalue weighted by atomic mass is 19.3.